The van der Waals surface area contributed by atoms with E-state index in [0.29, 0.717) is 24.9 Å². The first-order valence-corrected chi connectivity index (χ1v) is 11.2. The number of amides is 2. The average Bonchev–Trinajstić information content (AvgIpc) is 2.52. The summed E-state index contributed by atoms with van der Waals surface area (Å²) in [6.07, 6.45) is 2.86. The van der Waals surface area contributed by atoms with Crippen molar-refractivity contribution in [1.29, 1.82) is 0 Å². The van der Waals surface area contributed by atoms with E-state index < -0.39 is 5.60 Å². The van der Waals surface area contributed by atoms with E-state index in [4.69, 9.17) is 4.74 Å². The third kappa shape index (κ3) is 4.66. The number of carbonyl (C=O) groups is 2. The van der Waals surface area contributed by atoms with Crippen molar-refractivity contribution in [1.82, 2.24) is 9.80 Å². The van der Waals surface area contributed by atoms with Crippen molar-refractivity contribution in [2.75, 3.05) is 19.6 Å². The zero-order valence-corrected chi connectivity index (χ0v) is 19.2. The highest BCUT2D eigenvalue weighted by molar-refractivity contribution is 8.14. The molecule has 0 spiro atoms. The van der Waals surface area contributed by atoms with Crippen molar-refractivity contribution in [3.63, 3.8) is 0 Å². The third-order valence-corrected chi connectivity index (χ3v) is 7.28. The molecule has 0 radical (unpaired) electrons. The van der Waals surface area contributed by atoms with Gasteiger partial charge in [0.1, 0.15) is 5.60 Å². The maximum atomic E-state index is 12.8. The molecular formula is C21H35N3O3S. The Morgan fingerprint density at radius 3 is 2.50 bits per heavy atom. The lowest BCUT2D eigenvalue weighted by Gasteiger charge is -2.50. The van der Waals surface area contributed by atoms with E-state index >= 15 is 0 Å². The van der Waals surface area contributed by atoms with E-state index in [9.17, 15) is 9.59 Å². The molecule has 0 N–H and O–H groups in total. The molecule has 2 heterocycles. The Hall–Kier alpha value is -1.24. The Bertz CT molecular complexity index is 681. The van der Waals surface area contributed by atoms with Crippen LogP contribution < -0.4 is 0 Å². The summed E-state index contributed by atoms with van der Waals surface area (Å²) in [5.74, 6) is 0.0839. The molecule has 28 heavy (non-hydrogen) atoms. The Morgan fingerprint density at radius 2 is 1.89 bits per heavy atom. The molecule has 0 aromatic rings. The molecular weight excluding hydrogens is 374 g/mol. The van der Waals surface area contributed by atoms with Crippen LogP contribution >= 0.6 is 11.8 Å². The van der Waals surface area contributed by atoms with Gasteiger partial charge in [0.05, 0.1) is 11.5 Å². The Morgan fingerprint density at radius 1 is 1.21 bits per heavy atom. The Kier molecular flexibility index (Phi) is 5.54. The molecule has 0 aromatic carbocycles. The van der Waals surface area contributed by atoms with E-state index in [0.717, 1.165) is 24.4 Å². The predicted molar refractivity (Wildman–Crippen MR) is 114 cm³/mol. The molecule has 3 aliphatic rings. The van der Waals surface area contributed by atoms with Gasteiger partial charge in [-0.3, -0.25) is 4.79 Å². The summed E-state index contributed by atoms with van der Waals surface area (Å²) in [6.45, 7) is 16.1. The zero-order valence-electron chi connectivity index (χ0n) is 18.4. The molecule has 1 saturated heterocycles. The minimum Gasteiger partial charge on any atom is -0.444 e. The molecule has 0 aromatic heterocycles. The molecule has 0 bridgehead atoms. The third-order valence-electron chi connectivity index (χ3n) is 5.89. The van der Waals surface area contributed by atoms with Crippen LogP contribution in [0.15, 0.2) is 4.99 Å². The first kappa shape index (κ1) is 21.5. The number of nitrogens with zero attached hydrogens (tertiary/aromatic N) is 3. The largest absolute Gasteiger partial charge is 0.444 e. The predicted octanol–water partition coefficient (Wildman–Crippen LogP) is 4.14. The van der Waals surface area contributed by atoms with Crippen molar-refractivity contribution in [2.45, 2.75) is 84.1 Å². The van der Waals surface area contributed by atoms with Gasteiger partial charge in [-0.2, -0.15) is 4.99 Å². The van der Waals surface area contributed by atoms with Crippen LogP contribution in [0.25, 0.3) is 0 Å². The van der Waals surface area contributed by atoms with E-state index in [1.165, 1.54) is 0 Å². The molecule has 158 valence electrons. The molecule has 1 aliphatic carbocycles. The van der Waals surface area contributed by atoms with Crippen LogP contribution in [0.1, 0.15) is 67.7 Å². The zero-order chi connectivity index (χ0) is 20.9. The minimum atomic E-state index is -0.502. The van der Waals surface area contributed by atoms with Crippen LogP contribution in [0.3, 0.4) is 0 Å². The summed E-state index contributed by atoms with van der Waals surface area (Å²) in [4.78, 5) is 33.8. The van der Waals surface area contributed by atoms with Gasteiger partial charge in [0.25, 0.3) is 5.91 Å². The topological polar surface area (TPSA) is 62.2 Å². The maximum Gasteiger partial charge on any atom is 0.410 e. The number of piperazine rings is 1. The van der Waals surface area contributed by atoms with Crippen LogP contribution in [-0.4, -0.2) is 63.0 Å². The fraction of sp³-hybridized carbons (Fsp3) is 0.857. The standard InChI is InChI=1S/C21H35N3O3S/c1-19(2,3)27-18(26)23-10-11-24(21(6,7)13-23)17-22-16(25)14-12-20(4,5)9-8-15(14)28-17/h14-15H,8-13H2,1-7H3. The smallest absolute Gasteiger partial charge is 0.410 e. The maximum absolute atomic E-state index is 12.8. The van der Waals surface area contributed by atoms with Gasteiger partial charge >= 0.3 is 6.09 Å². The van der Waals surface area contributed by atoms with Crippen LogP contribution in [0.2, 0.25) is 0 Å². The molecule has 7 heteroatoms. The highest BCUT2D eigenvalue weighted by Crippen LogP contribution is 2.46. The summed E-state index contributed by atoms with van der Waals surface area (Å²) in [7, 11) is 0. The number of rotatable bonds is 0. The number of carbonyl (C=O) groups excluding carboxylic acids is 2. The number of ether oxygens (including phenoxy) is 1. The number of aliphatic imine (C=N–C) groups is 1. The number of thioether (sulfide) groups is 1. The van der Waals surface area contributed by atoms with Gasteiger partial charge in [-0.15, -0.1) is 0 Å². The molecule has 2 fully saturated rings. The van der Waals surface area contributed by atoms with Gasteiger partial charge < -0.3 is 14.5 Å². The van der Waals surface area contributed by atoms with Crippen LogP contribution in [0.5, 0.6) is 0 Å². The highest BCUT2D eigenvalue weighted by atomic mass is 32.2. The van der Waals surface area contributed by atoms with E-state index in [1.54, 1.807) is 16.7 Å². The average molecular weight is 410 g/mol. The lowest BCUT2D eigenvalue weighted by atomic mass is 9.71. The van der Waals surface area contributed by atoms with Crippen molar-refractivity contribution in [3.8, 4) is 0 Å². The number of hydrogen-bond donors (Lipinski definition) is 0. The molecule has 3 rings (SSSR count). The summed E-state index contributed by atoms with van der Waals surface area (Å²) >= 11 is 1.77. The lowest BCUT2D eigenvalue weighted by molar-refractivity contribution is -0.123. The molecule has 2 aliphatic heterocycles. The normalized spacial score (nSPS) is 29.8. The highest BCUT2D eigenvalue weighted by Gasteiger charge is 2.46. The van der Waals surface area contributed by atoms with E-state index in [1.807, 2.05) is 20.8 Å². The van der Waals surface area contributed by atoms with Crippen LogP contribution in [-0.2, 0) is 9.53 Å². The van der Waals surface area contributed by atoms with Crippen LogP contribution in [0.4, 0.5) is 4.79 Å². The van der Waals surface area contributed by atoms with Gasteiger partial charge in [-0.1, -0.05) is 25.6 Å². The van der Waals surface area contributed by atoms with E-state index in [2.05, 4.69) is 37.6 Å². The fourth-order valence-corrected chi connectivity index (χ4v) is 5.90. The number of fused-ring (bicyclic) bond motifs is 1. The summed E-state index contributed by atoms with van der Waals surface area (Å²) in [5, 5.41) is 1.16. The monoisotopic (exact) mass is 409 g/mol. The van der Waals surface area contributed by atoms with Gasteiger partial charge in [0.2, 0.25) is 0 Å². The number of hydrogen-bond acceptors (Lipinski definition) is 5. The minimum absolute atomic E-state index is 0.0388. The SMILES string of the molecule is CC1(C)CCC2SC(N3CCN(C(=O)OC(C)(C)C)CC3(C)C)=NC(=O)C2C1. The van der Waals surface area contributed by atoms with Crippen molar-refractivity contribution in [2.24, 2.45) is 16.3 Å². The number of amidine groups is 1. The van der Waals surface area contributed by atoms with Crippen molar-refractivity contribution in [3.05, 3.63) is 0 Å². The van der Waals surface area contributed by atoms with Crippen LogP contribution in [0, 0.1) is 11.3 Å². The van der Waals surface area contributed by atoms with Crippen molar-refractivity contribution < 1.29 is 14.3 Å². The first-order chi connectivity index (χ1) is 12.8. The molecule has 1 saturated carbocycles. The second-order valence-electron chi connectivity index (χ2n) is 10.8. The molecule has 2 atom stereocenters. The van der Waals surface area contributed by atoms with E-state index in [-0.39, 0.29) is 28.9 Å². The quantitative estimate of drug-likeness (QED) is 0.602. The fourth-order valence-electron chi connectivity index (χ4n) is 4.41. The molecule has 2 amide bonds. The molecule has 2 unspecified atom stereocenters. The second-order valence-corrected chi connectivity index (χ2v) is 12.0. The summed E-state index contributed by atoms with van der Waals surface area (Å²) in [5.41, 5.74) is -0.581. The lowest BCUT2D eigenvalue weighted by Crippen LogP contribution is -2.62. The Labute approximate surface area is 173 Å². The van der Waals surface area contributed by atoms with Gasteiger partial charge in [0, 0.05) is 24.9 Å². The summed E-state index contributed by atoms with van der Waals surface area (Å²) in [6, 6.07) is 0. The van der Waals surface area contributed by atoms with Gasteiger partial charge in [-0.25, -0.2) is 4.79 Å². The first-order valence-electron chi connectivity index (χ1n) is 10.3. The second kappa shape index (κ2) is 7.22. The van der Waals surface area contributed by atoms with Gasteiger partial charge in [-0.05, 0) is 59.3 Å². The van der Waals surface area contributed by atoms with Gasteiger partial charge in [0.15, 0.2) is 5.17 Å². The Balaban J connectivity index is 1.71. The summed E-state index contributed by atoms with van der Waals surface area (Å²) < 4.78 is 5.54. The van der Waals surface area contributed by atoms with Crippen molar-refractivity contribution >= 4 is 28.9 Å². The molecule has 6 nitrogen and oxygen atoms in total.